The average Bonchev–Trinajstić information content (AvgIpc) is 2.82. The van der Waals surface area contributed by atoms with Gasteiger partial charge in [0.05, 0.1) is 0 Å². The normalized spacial score (nSPS) is 28.6. The van der Waals surface area contributed by atoms with Gasteiger partial charge in [-0.15, -0.1) is 0 Å². The molecule has 92 valence electrons. The van der Waals surface area contributed by atoms with Crippen LogP contribution >= 0.6 is 0 Å². The molecule has 0 aromatic heterocycles. The van der Waals surface area contributed by atoms with Gasteiger partial charge in [-0.05, 0) is 49.9 Å². The van der Waals surface area contributed by atoms with Crippen molar-refractivity contribution in [2.24, 2.45) is 11.8 Å². The quantitative estimate of drug-likeness (QED) is 0.835. The molecule has 0 aliphatic carbocycles. The Morgan fingerprint density at radius 1 is 1.18 bits per heavy atom. The fourth-order valence-corrected chi connectivity index (χ4v) is 3.35. The SMILES string of the molecule is Cc1ccc(CN2CC3CNCC3C2)c(C)c1. The first-order valence-corrected chi connectivity index (χ1v) is 6.71. The zero-order valence-corrected chi connectivity index (χ0v) is 10.9. The zero-order valence-electron chi connectivity index (χ0n) is 10.9. The molecule has 0 bridgehead atoms. The first-order valence-electron chi connectivity index (χ1n) is 6.71. The molecule has 2 heterocycles. The lowest BCUT2D eigenvalue weighted by Gasteiger charge is -2.18. The van der Waals surface area contributed by atoms with Crippen LogP contribution in [0.2, 0.25) is 0 Å². The fraction of sp³-hybridized carbons (Fsp3) is 0.600. The van der Waals surface area contributed by atoms with Gasteiger partial charge < -0.3 is 5.32 Å². The number of hydrogen-bond acceptors (Lipinski definition) is 2. The lowest BCUT2D eigenvalue weighted by atomic mass is 10.0. The second-order valence-corrected chi connectivity index (χ2v) is 5.80. The topological polar surface area (TPSA) is 15.3 Å². The Balaban J connectivity index is 1.67. The first-order chi connectivity index (χ1) is 8.22. The smallest absolute Gasteiger partial charge is 0.0236 e. The fourth-order valence-electron chi connectivity index (χ4n) is 3.35. The molecule has 3 rings (SSSR count). The van der Waals surface area contributed by atoms with Crippen LogP contribution in [0.25, 0.3) is 0 Å². The van der Waals surface area contributed by atoms with Crippen LogP contribution < -0.4 is 5.32 Å². The van der Waals surface area contributed by atoms with Crippen molar-refractivity contribution in [3.05, 3.63) is 34.9 Å². The van der Waals surface area contributed by atoms with E-state index >= 15 is 0 Å². The van der Waals surface area contributed by atoms with Crippen LogP contribution in [0, 0.1) is 25.7 Å². The Morgan fingerprint density at radius 2 is 1.88 bits per heavy atom. The van der Waals surface area contributed by atoms with E-state index < -0.39 is 0 Å². The van der Waals surface area contributed by atoms with Crippen LogP contribution in [0.1, 0.15) is 16.7 Å². The Bertz CT molecular complexity index is 401. The highest BCUT2D eigenvalue weighted by atomic mass is 15.2. The predicted molar refractivity (Wildman–Crippen MR) is 71.0 cm³/mol. The molecule has 0 radical (unpaired) electrons. The van der Waals surface area contributed by atoms with Crippen molar-refractivity contribution in [1.82, 2.24) is 10.2 Å². The molecule has 2 unspecified atom stereocenters. The van der Waals surface area contributed by atoms with E-state index in [1.807, 2.05) is 0 Å². The highest BCUT2D eigenvalue weighted by Crippen LogP contribution is 2.27. The molecule has 2 saturated heterocycles. The highest BCUT2D eigenvalue weighted by molar-refractivity contribution is 5.30. The summed E-state index contributed by atoms with van der Waals surface area (Å²) < 4.78 is 0. The van der Waals surface area contributed by atoms with Crippen LogP contribution in [0.4, 0.5) is 0 Å². The van der Waals surface area contributed by atoms with E-state index in [-0.39, 0.29) is 0 Å². The summed E-state index contributed by atoms with van der Waals surface area (Å²) in [6.07, 6.45) is 0. The number of likely N-dealkylation sites (tertiary alicyclic amines) is 1. The summed E-state index contributed by atoms with van der Waals surface area (Å²) in [6, 6.07) is 6.84. The lowest BCUT2D eigenvalue weighted by Crippen LogP contribution is -2.25. The summed E-state index contributed by atoms with van der Waals surface area (Å²) >= 11 is 0. The second kappa shape index (κ2) is 4.43. The molecule has 1 aromatic carbocycles. The predicted octanol–water partition coefficient (Wildman–Crippen LogP) is 1.95. The van der Waals surface area contributed by atoms with E-state index in [9.17, 15) is 0 Å². The Kier molecular flexibility index (Phi) is 2.93. The van der Waals surface area contributed by atoms with Crippen molar-refractivity contribution in [2.45, 2.75) is 20.4 Å². The van der Waals surface area contributed by atoms with Crippen molar-refractivity contribution in [2.75, 3.05) is 26.2 Å². The van der Waals surface area contributed by atoms with E-state index in [1.54, 1.807) is 0 Å². The number of aryl methyl sites for hydroxylation is 2. The van der Waals surface area contributed by atoms with Crippen LogP contribution in [-0.2, 0) is 6.54 Å². The van der Waals surface area contributed by atoms with Crippen molar-refractivity contribution < 1.29 is 0 Å². The maximum absolute atomic E-state index is 3.50. The molecular formula is C15H22N2. The van der Waals surface area contributed by atoms with Gasteiger partial charge in [0, 0.05) is 19.6 Å². The molecule has 1 aromatic rings. The van der Waals surface area contributed by atoms with Crippen molar-refractivity contribution in [1.29, 1.82) is 0 Å². The van der Waals surface area contributed by atoms with E-state index in [4.69, 9.17) is 0 Å². The number of hydrogen-bond donors (Lipinski definition) is 1. The molecule has 2 aliphatic rings. The Labute approximate surface area is 104 Å². The standard InChI is InChI=1S/C15H22N2/c1-11-3-4-13(12(2)5-11)8-17-9-14-6-16-7-15(14)10-17/h3-5,14-16H,6-10H2,1-2H3. The third-order valence-corrected chi connectivity index (χ3v) is 4.36. The van der Waals surface area contributed by atoms with Crippen molar-refractivity contribution in [3.8, 4) is 0 Å². The molecule has 2 heteroatoms. The first kappa shape index (κ1) is 11.2. The molecule has 2 nitrogen and oxygen atoms in total. The molecule has 2 aliphatic heterocycles. The van der Waals surface area contributed by atoms with Gasteiger partial charge in [0.25, 0.3) is 0 Å². The van der Waals surface area contributed by atoms with Gasteiger partial charge in [0.15, 0.2) is 0 Å². The lowest BCUT2D eigenvalue weighted by molar-refractivity contribution is 0.305. The summed E-state index contributed by atoms with van der Waals surface area (Å²) in [5.74, 6) is 1.81. The van der Waals surface area contributed by atoms with Crippen molar-refractivity contribution >= 4 is 0 Å². The maximum atomic E-state index is 3.50. The van der Waals surface area contributed by atoms with Crippen LogP contribution in [0.5, 0.6) is 0 Å². The molecule has 1 N–H and O–H groups in total. The van der Waals surface area contributed by atoms with E-state index in [2.05, 4.69) is 42.3 Å². The number of benzene rings is 1. The average molecular weight is 230 g/mol. The van der Waals surface area contributed by atoms with E-state index in [0.29, 0.717) is 0 Å². The third kappa shape index (κ3) is 2.24. The molecule has 17 heavy (non-hydrogen) atoms. The number of rotatable bonds is 2. The molecular weight excluding hydrogens is 208 g/mol. The molecule has 2 fully saturated rings. The van der Waals surface area contributed by atoms with Gasteiger partial charge in [-0.25, -0.2) is 0 Å². The molecule has 0 amide bonds. The number of nitrogens with one attached hydrogen (secondary N) is 1. The van der Waals surface area contributed by atoms with Gasteiger partial charge in [0.2, 0.25) is 0 Å². The Hall–Kier alpha value is -0.860. The van der Waals surface area contributed by atoms with Crippen LogP contribution in [-0.4, -0.2) is 31.1 Å². The summed E-state index contributed by atoms with van der Waals surface area (Å²) in [7, 11) is 0. The van der Waals surface area contributed by atoms with Crippen molar-refractivity contribution in [3.63, 3.8) is 0 Å². The van der Waals surface area contributed by atoms with Gasteiger partial charge in [0.1, 0.15) is 0 Å². The number of fused-ring (bicyclic) bond motifs is 1. The van der Waals surface area contributed by atoms with Gasteiger partial charge in [-0.2, -0.15) is 0 Å². The van der Waals surface area contributed by atoms with Gasteiger partial charge >= 0.3 is 0 Å². The highest BCUT2D eigenvalue weighted by Gasteiger charge is 2.35. The van der Waals surface area contributed by atoms with Crippen LogP contribution in [0.3, 0.4) is 0 Å². The number of nitrogens with zero attached hydrogens (tertiary/aromatic N) is 1. The zero-order chi connectivity index (χ0) is 11.8. The summed E-state index contributed by atoms with van der Waals surface area (Å²) in [6.45, 7) is 10.6. The molecule has 0 spiro atoms. The monoisotopic (exact) mass is 230 g/mol. The minimum Gasteiger partial charge on any atom is -0.316 e. The third-order valence-electron chi connectivity index (χ3n) is 4.36. The molecule has 0 saturated carbocycles. The summed E-state index contributed by atoms with van der Waals surface area (Å²) in [5.41, 5.74) is 4.32. The van der Waals surface area contributed by atoms with Gasteiger partial charge in [-0.3, -0.25) is 4.90 Å². The summed E-state index contributed by atoms with van der Waals surface area (Å²) in [5, 5.41) is 3.50. The minimum absolute atomic E-state index is 0.903. The van der Waals surface area contributed by atoms with Gasteiger partial charge in [-0.1, -0.05) is 23.8 Å². The van der Waals surface area contributed by atoms with E-state index in [0.717, 1.165) is 18.4 Å². The largest absolute Gasteiger partial charge is 0.316 e. The van der Waals surface area contributed by atoms with Crippen LogP contribution in [0.15, 0.2) is 18.2 Å². The maximum Gasteiger partial charge on any atom is 0.0236 e. The summed E-state index contributed by atoms with van der Waals surface area (Å²) in [4.78, 5) is 2.63. The molecule has 2 atom stereocenters. The Morgan fingerprint density at radius 3 is 2.53 bits per heavy atom. The second-order valence-electron chi connectivity index (χ2n) is 5.80. The minimum atomic E-state index is 0.903. The van der Waals surface area contributed by atoms with E-state index in [1.165, 1.54) is 42.9 Å².